The minimum Gasteiger partial charge on any atom is -0.488 e. The summed E-state index contributed by atoms with van der Waals surface area (Å²) in [5.41, 5.74) is 1.07. The van der Waals surface area contributed by atoms with Crippen molar-refractivity contribution in [2.45, 2.75) is 19.4 Å². The lowest BCUT2D eigenvalue weighted by molar-refractivity contribution is 0.223. The zero-order chi connectivity index (χ0) is 14.9. The van der Waals surface area contributed by atoms with Crippen molar-refractivity contribution in [3.05, 3.63) is 41.8 Å². The van der Waals surface area contributed by atoms with Gasteiger partial charge in [-0.15, -0.1) is 11.3 Å². The molecule has 6 heteroatoms. The van der Waals surface area contributed by atoms with E-state index in [1.807, 2.05) is 19.2 Å². The summed E-state index contributed by atoms with van der Waals surface area (Å²) in [7, 11) is 0. The number of pyridine rings is 1. The number of hydrogen-bond donors (Lipinski definition) is 0. The Kier molecular flexibility index (Phi) is 3.38. The molecule has 0 N–H and O–H groups in total. The number of hydrogen-bond acceptors (Lipinski definition) is 6. The van der Waals surface area contributed by atoms with Gasteiger partial charge in [-0.2, -0.15) is 0 Å². The Morgan fingerprint density at radius 1 is 1.32 bits per heavy atom. The van der Waals surface area contributed by atoms with Crippen LogP contribution in [-0.2, 0) is 0 Å². The van der Waals surface area contributed by atoms with Crippen molar-refractivity contribution in [2.24, 2.45) is 0 Å². The molecule has 0 aliphatic carbocycles. The first-order valence-corrected chi connectivity index (χ1v) is 8.19. The van der Waals surface area contributed by atoms with E-state index in [1.54, 1.807) is 23.9 Å². The Hall–Kier alpha value is -2.21. The molecule has 3 aromatic heterocycles. The second-order valence-electron chi connectivity index (χ2n) is 5.45. The molecule has 4 rings (SSSR count). The highest BCUT2D eigenvalue weighted by molar-refractivity contribution is 7.16. The summed E-state index contributed by atoms with van der Waals surface area (Å²) in [5, 5.41) is 3.20. The Morgan fingerprint density at radius 2 is 2.27 bits per heavy atom. The number of fused-ring (bicyclic) bond motifs is 1. The van der Waals surface area contributed by atoms with Gasteiger partial charge in [0.25, 0.3) is 0 Å². The third-order valence-electron chi connectivity index (χ3n) is 3.95. The van der Waals surface area contributed by atoms with Crippen LogP contribution in [0.15, 0.2) is 36.2 Å². The highest BCUT2D eigenvalue weighted by atomic mass is 32.1. The maximum atomic E-state index is 6.13. The number of anilines is 1. The molecule has 0 aromatic carbocycles. The van der Waals surface area contributed by atoms with Crippen molar-refractivity contribution in [2.75, 3.05) is 18.0 Å². The smallest absolute Gasteiger partial charge is 0.140 e. The third-order valence-corrected chi connectivity index (χ3v) is 4.77. The van der Waals surface area contributed by atoms with Crippen LogP contribution in [0.1, 0.15) is 12.0 Å². The van der Waals surface area contributed by atoms with E-state index >= 15 is 0 Å². The molecule has 0 spiro atoms. The fourth-order valence-corrected chi connectivity index (χ4v) is 3.55. The number of aromatic nitrogens is 3. The van der Waals surface area contributed by atoms with Crippen molar-refractivity contribution >= 4 is 27.4 Å². The van der Waals surface area contributed by atoms with Crippen LogP contribution in [0.25, 0.3) is 10.2 Å². The van der Waals surface area contributed by atoms with Crippen LogP contribution >= 0.6 is 11.3 Å². The Balaban J connectivity index is 1.53. The molecule has 3 aromatic rings. The Bertz CT molecular complexity index is 803. The normalized spacial score (nSPS) is 18.0. The van der Waals surface area contributed by atoms with E-state index in [-0.39, 0.29) is 6.10 Å². The van der Waals surface area contributed by atoms with E-state index in [2.05, 4.69) is 31.3 Å². The van der Waals surface area contributed by atoms with E-state index in [4.69, 9.17) is 4.74 Å². The van der Waals surface area contributed by atoms with E-state index in [0.717, 1.165) is 46.9 Å². The summed E-state index contributed by atoms with van der Waals surface area (Å²) in [5.74, 6) is 1.94. The molecule has 0 amide bonds. The maximum Gasteiger partial charge on any atom is 0.140 e. The largest absolute Gasteiger partial charge is 0.488 e. The summed E-state index contributed by atoms with van der Waals surface area (Å²) < 4.78 is 6.13. The Morgan fingerprint density at radius 3 is 3.18 bits per heavy atom. The average Bonchev–Trinajstić information content (AvgIpc) is 3.18. The van der Waals surface area contributed by atoms with E-state index in [9.17, 15) is 0 Å². The minimum atomic E-state index is 0.185. The van der Waals surface area contributed by atoms with Crippen LogP contribution in [0.2, 0.25) is 0 Å². The van der Waals surface area contributed by atoms with E-state index in [1.165, 1.54) is 0 Å². The fraction of sp³-hybridized carbons (Fsp3) is 0.312. The lowest BCUT2D eigenvalue weighted by Gasteiger charge is -2.19. The summed E-state index contributed by atoms with van der Waals surface area (Å²) in [4.78, 5) is 16.2. The van der Waals surface area contributed by atoms with Crippen LogP contribution in [-0.4, -0.2) is 34.1 Å². The minimum absolute atomic E-state index is 0.185. The number of ether oxygens (including phenoxy) is 1. The molecule has 1 unspecified atom stereocenters. The molecule has 1 aliphatic heterocycles. The highest BCUT2D eigenvalue weighted by Gasteiger charge is 2.26. The zero-order valence-corrected chi connectivity index (χ0v) is 13.1. The molecule has 4 heterocycles. The highest BCUT2D eigenvalue weighted by Crippen LogP contribution is 2.30. The van der Waals surface area contributed by atoms with Gasteiger partial charge in [0, 0.05) is 30.9 Å². The molecule has 1 fully saturated rings. The van der Waals surface area contributed by atoms with Crippen LogP contribution in [0, 0.1) is 6.92 Å². The molecular weight excluding hydrogens is 296 g/mol. The molecule has 1 aliphatic rings. The van der Waals surface area contributed by atoms with Crippen LogP contribution in [0.4, 0.5) is 5.82 Å². The van der Waals surface area contributed by atoms with Crippen LogP contribution in [0.3, 0.4) is 0 Å². The van der Waals surface area contributed by atoms with Gasteiger partial charge in [0.05, 0.1) is 11.9 Å². The number of aryl methyl sites for hydroxylation is 1. The van der Waals surface area contributed by atoms with Gasteiger partial charge in [0.15, 0.2) is 0 Å². The molecule has 1 atom stereocenters. The number of rotatable bonds is 3. The van der Waals surface area contributed by atoms with E-state index < -0.39 is 0 Å². The predicted molar refractivity (Wildman–Crippen MR) is 87.6 cm³/mol. The van der Waals surface area contributed by atoms with Gasteiger partial charge in [-0.3, -0.25) is 4.98 Å². The van der Waals surface area contributed by atoms with Crippen LogP contribution < -0.4 is 9.64 Å². The van der Waals surface area contributed by atoms with Gasteiger partial charge in [-0.1, -0.05) is 0 Å². The van der Waals surface area contributed by atoms with Crippen molar-refractivity contribution in [1.29, 1.82) is 0 Å². The van der Waals surface area contributed by atoms with Crippen molar-refractivity contribution in [3.63, 3.8) is 0 Å². The monoisotopic (exact) mass is 312 g/mol. The van der Waals surface area contributed by atoms with E-state index in [0.29, 0.717) is 0 Å². The quantitative estimate of drug-likeness (QED) is 0.744. The lowest BCUT2D eigenvalue weighted by Crippen LogP contribution is -2.25. The summed E-state index contributed by atoms with van der Waals surface area (Å²) >= 11 is 1.65. The molecule has 5 nitrogen and oxygen atoms in total. The zero-order valence-electron chi connectivity index (χ0n) is 12.3. The van der Waals surface area contributed by atoms with Crippen LogP contribution in [0.5, 0.6) is 5.75 Å². The van der Waals surface area contributed by atoms with Gasteiger partial charge in [0.2, 0.25) is 0 Å². The number of nitrogens with zero attached hydrogens (tertiary/aromatic N) is 4. The standard InChI is InChI=1S/C16H16N4OS/c1-11-8-17-5-2-14(11)21-12-3-6-20(9-12)15-13-4-7-22-16(13)19-10-18-15/h2,4-5,7-8,10,12H,3,6,9H2,1H3. The van der Waals surface area contributed by atoms with Gasteiger partial charge >= 0.3 is 0 Å². The molecule has 1 saturated heterocycles. The first-order valence-electron chi connectivity index (χ1n) is 7.31. The summed E-state index contributed by atoms with van der Waals surface area (Å²) in [6, 6.07) is 4.02. The third kappa shape index (κ3) is 2.39. The average molecular weight is 312 g/mol. The first-order chi connectivity index (χ1) is 10.8. The molecule has 0 saturated carbocycles. The van der Waals surface area contributed by atoms with Crippen molar-refractivity contribution in [1.82, 2.24) is 15.0 Å². The predicted octanol–water partition coefficient (Wildman–Crippen LogP) is 3.05. The van der Waals surface area contributed by atoms with Gasteiger partial charge in [-0.25, -0.2) is 9.97 Å². The second-order valence-corrected chi connectivity index (χ2v) is 6.35. The SMILES string of the molecule is Cc1cnccc1OC1CCN(c2ncnc3sccc23)C1. The molecule has 0 bridgehead atoms. The molecule has 0 radical (unpaired) electrons. The summed E-state index contributed by atoms with van der Waals surface area (Å²) in [6.45, 7) is 3.83. The van der Waals surface area contributed by atoms with Crippen molar-refractivity contribution in [3.8, 4) is 5.75 Å². The topological polar surface area (TPSA) is 51.1 Å². The molecular formula is C16H16N4OS. The van der Waals surface area contributed by atoms with Gasteiger partial charge in [0.1, 0.15) is 28.8 Å². The lowest BCUT2D eigenvalue weighted by atomic mass is 10.2. The number of thiophene rings is 1. The van der Waals surface area contributed by atoms with Crippen molar-refractivity contribution < 1.29 is 4.74 Å². The van der Waals surface area contributed by atoms with Gasteiger partial charge < -0.3 is 9.64 Å². The first kappa shape index (κ1) is 13.5. The molecule has 112 valence electrons. The molecule has 22 heavy (non-hydrogen) atoms. The second kappa shape index (κ2) is 5.53. The Labute approximate surface area is 132 Å². The maximum absolute atomic E-state index is 6.13. The van der Waals surface area contributed by atoms with Gasteiger partial charge in [-0.05, 0) is 24.4 Å². The summed E-state index contributed by atoms with van der Waals surface area (Å²) in [6.07, 6.45) is 6.44. The fourth-order valence-electron chi connectivity index (χ4n) is 2.82.